The Labute approximate surface area is 191 Å². The molecule has 0 bridgehead atoms. The summed E-state index contributed by atoms with van der Waals surface area (Å²) in [5.41, 5.74) is 2.44. The molecule has 0 radical (unpaired) electrons. The fourth-order valence-corrected chi connectivity index (χ4v) is 4.54. The van der Waals surface area contributed by atoms with Gasteiger partial charge in [0, 0.05) is 42.8 Å². The third-order valence-corrected chi connectivity index (χ3v) is 6.65. The summed E-state index contributed by atoms with van der Waals surface area (Å²) in [6.45, 7) is 3.61. The monoisotopic (exact) mass is 450 g/mol. The van der Waals surface area contributed by atoms with Crippen LogP contribution in [0.2, 0.25) is 0 Å². The molecule has 2 aromatic heterocycles. The summed E-state index contributed by atoms with van der Waals surface area (Å²) in [5.74, 6) is -0.387. The van der Waals surface area contributed by atoms with Crippen molar-refractivity contribution >= 4 is 29.3 Å². The zero-order valence-corrected chi connectivity index (χ0v) is 19.0. The molecule has 1 atom stereocenters. The molecule has 0 aliphatic carbocycles. The first-order chi connectivity index (χ1) is 15.5. The average Bonchev–Trinajstić information content (AvgIpc) is 3.23. The molecule has 0 spiro atoms. The minimum atomic E-state index is -0.343. The molecule has 1 fully saturated rings. The van der Waals surface area contributed by atoms with Gasteiger partial charge >= 0.3 is 0 Å². The predicted molar refractivity (Wildman–Crippen MR) is 124 cm³/mol. The van der Waals surface area contributed by atoms with Gasteiger partial charge in [0.25, 0.3) is 11.8 Å². The highest BCUT2D eigenvalue weighted by Crippen LogP contribution is 2.34. The molecule has 1 aliphatic heterocycles. The van der Waals surface area contributed by atoms with E-state index in [2.05, 4.69) is 27.4 Å². The van der Waals surface area contributed by atoms with Crippen LogP contribution in [0.1, 0.15) is 57.8 Å². The van der Waals surface area contributed by atoms with Crippen LogP contribution in [-0.2, 0) is 7.05 Å². The van der Waals surface area contributed by atoms with Gasteiger partial charge in [0.2, 0.25) is 0 Å². The number of benzene rings is 1. The van der Waals surface area contributed by atoms with E-state index in [9.17, 15) is 9.59 Å². The predicted octanol–water partition coefficient (Wildman–Crippen LogP) is 3.94. The SMILES string of the molecule is CC(Sc1nncn1C)c1cccc(NC(=O)c2cc(C(=O)N3CCCCC3)ccn2)c1. The highest BCUT2D eigenvalue weighted by atomic mass is 32.2. The summed E-state index contributed by atoms with van der Waals surface area (Å²) in [6, 6.07) is 10.9. The van der Waals surface area contributed by atoms with Gasteiger partial charge in [-0.15, -0.1) is 10.2 Å². The highest BCUT2D eigenvalue weighted by molar-refractivity contribution is 7.99. The number of carbonyl (C=O) groups is 2. The second-order valence-electron chi connectivity index (χ2n) is 7.85. The van der Waals surface area contributed by atoms with E-state index in [0.29, 0.717) is 11.3 Å². The lowest BCUT2D eigenvalue weighted by atomic mass is 10.1. The summed E-state index contributed by atoms with van der Waals surface area (Å²) in [7, 11) is 1.91. The van der Waals surface area contributed by atoms with Gasteiger partial charge in [-0.05, 0) is 56.0 Å². The van der Waals surface area contributed by atoms with E-state index in [1.165, 1.54) is 6.20 Å². The number of aromatic nitrogens is 4. The minimum absolute atomic E-state index is 0.0437. The fraction of sp³-hybridized carbons (Fsp3) is 0.348. The van der Waals surface area contributed by atoms with Crippen LogP contribution in [0.4, 0.5) is 5.69 Å². The van der Waals surface area contributed by atoms with Crippen LogP contribution in [0, 0.1) is 0 Å². The number of thioether (sulfide) groups is 1. The van der Waals surface area contributed by atoms with Crippen LogP contribution in [-0.4, -0.2) is 49.6 Å². The maximum atomic E-state index is 12.8. The lowest BCUT2D eigenvalue weighted by Crippen LogP contribution is -2.35. The summed E-state index contributed by atoms with van der Waals surface area (Å²) >= 11 is 1.59. The highest BCUT2D eigenvalue weighted by Gasteiger charge is 2.20. The van der Waals surface area contributed by atoms with Gasteiger partial charge in [-0.3, -0.25) is 14.6 Å². The van der Waals surface area contributed by atoms with Crippen molar-refractivity contribution < 1.29 is 9.59 Å². The van der Waals surface area contributed by atoms with E-state index in [0.717, 1.165) is 43.1 Å². The number of carbonyl (C=O) groups excluding carboxylic acids is 2. The Bertz CT molecular complexity index is 1110. The topological polar surface area (TPSA) is 93.0 Å². The number of rotatable bonds is 6. The van der Waals surface area contributed by atoms with Crippen LogP contribution in [0.3, 0.4) is 0 Å². The third-order valence-electron chi connectivity index (χ3n) is 5.45. The number of pyridine rings is 1. The summed E-state index contributed by atoms with van der Waals surface area (Å²) < 4.78 is 1.87. The van der Waals surface area contributed by atoms with E-state index >= 15 is 0 Å². The normalized spacial score (nSPS) is 14.8. The van der Waals surface area contributed by atoms with E-state index in [-0.39, 0.29) is 22.8 Å². The van der Waals surface area contributed by atoms with Gasteiger partial charge in [0.15, 0.2) is 5.16 Å². The van der Waals surface area contributed by atoms with E-state index in [4.69, 9.17) is 0 Å². The molecule has 1 N–H and O–H groups in total. The first-order valence-electron chi connectivity index (χ1n) is 10.7. The van der Waals surface area contributed by atoms with Crippen LogP contribution in [0.25, 0.3) is 0 Å². The Balaban J connectivity index is 1.44. The Morgan fingerprint density at radius 2 is 1.94 bits per heavy atom. The summed E-state index contributed by atoms with van der Waals surface area (Å²) in [5, 5.41) is 11.9. The van der Waals surface area contributed by atoms with Crippen LogP contribution in [0.15, 0.2) is 54.1 Å². The number of hydrogen-bond acceptors (Lipinski definition) is 6. The molecule has 8 nitrogen and oxygen atoms in total. The lowest BCUT2D eigenvalue weighted by molar-refractivity contribution is 0.0724. The number of likely N-dealkylation sites (tertiary alicyclic amines) is 1. The molecule has 1 aliphatic rings. The first-order valence-corrected chi connectivity index (χ1v) is 11.6. The number of hydrogen-bond donors (Lipinski definition) is 1. The van der Waals surface area contributed by atoms with Crippen molar-refractivity contribution in [3.63, 3.8) is 0 Å². The maximum Gasteiger partial charge on any atom is 0.274 e. The Kier molecular flexibility index (Phi) is 6.84. The molecule has 0 saturated carbocycles. The van der Waals surface area contributed by atoms with E-state index < -0.39 is 0 Å². The second kappa shape index (κ2) is 9.95. The molecule has 4 rings (SSSR count). The van der Waals surface area contributed by atoms with Gasteiger partial charge in [0.05, 0.1) is 0 Å². The number of nitrogens with one attached hydrogen (secondary N) is 1. The molecule has 32 heavy (non-hydrogen) atoms. The molecule has 1 aromatic carbocycles. The Morgan fingerprint density at radius 3 is 2.69 bits per heavy atom. The zero-order chi connectivity index (χ0) is 22.5. The first kappa shape index (κ1) is 22.0. The van der Waals surface area contributed by atoms with E-state index in [1.807, 2.05) is 40.8 Å². The fourth-order valence-electron chi connectivity index (χ4n) is 3.64. The van der Waals surface area contributed by atoms with Crippen molar-refractivity contribution in [3.8, 4) is 0 Å². The molecule has 3 aromatic rings. The molecular weight excluding hydrogens is 424 g/mol. The van der Waals surface area contributed by atoms with Gasteiger partial charge in [-0.2, -0.15) is 0 Å². The molecule has 9 heteroatoms. The number of aryl methyl sites for hydroxylation is 1. The van der Waals surface area contributed by atoms with Crippen molar-refractivity contribution in [1.29, 1.82) is 0 Å². The summed E-state index contributed by atoms with van der Waals surface area (Å²) in [6.07, 6.45) is 6.38. The van der Waals surface area contributed by atoms with Crippen molar-refractivity contribution in [3.05, 3.63) is 65.7 Å². The molecule has 166 valence electrons. The number of anilines is 1. The molecule has 3 heterocycles. The van der Waals surface area contributed by atoms with Crippen molar-refractivity contribution in [1.82, 2.24) is 24.6 Å². The molecule has 1 unspecified atom stereocenters. The number of nitrogens with zero attached hydrogens (tertiary/aromatic N) is 5. The lowest BCUT2D eigenvalue weighted by Gasteiger charge is -2.26. The van der Waals surface area contributed by atoms with Crippen LogP contribution >= 0.6 is 11.8 Å². The average molecular weight is 451 g/mol. The maximum absolute atomic E-state index is 12.8. The Morgan fingerprint density at radius 1 is 1.12 bits per heavy atom. The Hall–Kier alpha value is -3.20. The van der Waals surface area contributed by atoms with Gasteiger partial charge in [0.1, 0.15) is 12.0 Å². The smallest absolute Gasteiger partial charge is 0.274 e. The van der Waals surface area contributed by atoms with E-state index in [1.54, 1.807) is 30.2 Å². The standard InChI is InChI=1S/C23H26N6O2S/c1-16(32-23-27-25-15-28(23)2)17-7-6-8-19(13-17)26-21(30)20-14-18(9-10-24-20)22(31)29-11-4-3-5-12-29/h6-10,13-16H,3-5,11-12H2,1-2H3,(H,26,30). The van der Waals surface area contributed by atoms with Gasteiger partial charge in [-0.1, -0.05) is 23.9 Å². The number of amides is 2. The largest absolute Gasteiger partial charge is 0.339 e. The molecular formula is C23H26N6O2S. The van der Waals surface area contributed by atoms with Gasteiger partial charge < -0.3 is 14.8 Å². The van der Waals surface area contributed by atoms with Crippen molar-refractivity contribution in [2.75, 3.05) is 18.4 Å². The van der Waals surface area contributed by atoms with Crippen LogP contribution in [0.5, 0.6) is 0 Å². The molecule has 1 saturated heterocycles. The van der Waals surface area contributed by atoms with Crippen molar-refractivity contribution in [2.24, 2.45) is 7.05 Å². The minimum Gasteiger partial charge on any atom is -0.339 e. The molecule has 2 amide bonds. The second-order valence-corrected chi connectivity index (χ2v) is 9.15. The quantitative estimate of drug-likeness (QED) is 0.572. The number of piperidine rings is 1. The zero-order valence-electron chi connectivity index (χ0n) is 18.2. The summed E-state index contributed by atoms with van der Waals surface area (Å²) in [4.78, 5) is 31.6. The third kappa shape index (κ3) is 5.16. The van der Waals surface area contributed by atoms with Gasteiger partial charge in [-0.25, -0.2) is 0 Å². The van der Waals surface area contributed by atoms with Crippen LogP contribution < -0.4 is 5.32 Å². The van der Waals surface area contributed by atoms with Crippen molar-refractivity contribution in [2.45, 2.75) is 36.6 Å².